The standard InChI is InChI=1S/C19H25BrN2O2/c1-4-5-6-9-12-24-15-11-8-7-10-14(15)18-21-17(13(2)3)16(20)19(23)22-18/h7-8,10-11,16H,4-6,9,12H2,1-3H3,(H,21,22,23). The normalized spacial score (nSPS) is 17.3. The summed E-state index contributed by atoms with van der Waals surface area (Å²) >= 11 is 3.40. The number of carbonyl (C=O) groups is 1. The molecule has 24 heavy (non-hydrogen) atoms. The summed E-state index contributed by atoms with van der Waals surface area (Å²) in [4.78, 5) is 16.5. The van der Waals surface area contributed by atoms with Gasteiger partial charge in [-0.05, 0) is 32.4 Å². The minimum absolute atomic E-state index is 0.103. The van der Waals surface area contributed by atoms with Gasteiger partial charge in [-0.2, -0.15) is 0 Å². The lowest BCUT2D eigenvalue weighted by atomic mass is 10.1. The molecule has 0 bridgehead atoms. The molecule has 1 heterocycles. The maximum absolute atomic E-state index is 12.2. The van der Waals surface area contributed by atoms with Gasteiger partial charge in [-0.3, -0.25) is 4.79 Å². The van der Waals surface area contributed by atoms with Crippen molar-refractivity contribution >= 4 is 27.7 Å². The minimum atomic E-state index is -0.409. The number of halogens is 1. The highest BCUT2D eigenvalue weighted by atomic mass is 79.9. The van der Waals surface area contributed by atoms with Crippen LogP contribution in [-0.4, -0.2) is 23.2 Å². The van der Waals surface area contributed by atoms with E-state index in [4.69, 9.17) is 4.74 Å². The van der Waals surface area contributed by atoms with Gasteiger partial charge >= 0.3 is 0 Å². The van der Waals surface area contributed by atoms with Gasteiger partial charge in [0.15, 0.2) is 0 Å². The number of allylic oxidation sites excluding steroid dienone is 1. The van der Waals surface area contributed by atoms with Crippen molar-refractivity contribution in [3.8, 4) is 5.75 Å². The van der Waals surface area contributed by atoms with Crippen molar-refractivity contribution < 1.29 is 9.53 Å². The van der Waals surface area contributed by atoms with E-state index in [0.29, 0.717) is 12.4 Å². The summed E-state index contributed by atoms with van der Waals surface area (Å²) in [5, 5.41) is 2.87. The number of aliphatic imine (C=N–C) groups is 1. The van der Waals surface area contributed by atoms with E-state index >= 15 is 0 Å². The zero-order chi connectivity index (χ0) is 17.5. The van der Waals surface area contributed by atoms with E-state index in [1.807, 2.05) is 38.1 Å². The molecular weight excluding hydrogens is 368 g/mol. The highest BCUT2D eigenvalue weighted by Gasteiger charge is 2.28. The van der Waals surface area contributed by atoms with Gasteiger partial charge in [-0.15, -0.1) is 0 Å². The first-order valence-electron chi connectivity index (χ1n) is 8.47. The van der Waals surface area contributed by atoms with Crippen LogP contribution in [0.3, 0.4) is 0 Å². The number of amides is 1. The second-order valence-corrected chi connectivity index (χ2v) is 7.02. The third kappa shape index (κ3) is 4.69. The van der Waals surface area contributed by atoms with Crippen molar-refractivity contribution in [2.75, 3.05) is 6.61 Å². The van der Waals surface area contributed by atoms with Gasteiger partial charge < -0.3 is 10.1 Å². The fraction of sp³-hybridized carbons (Fsp3) is 0.474. The lowest BCUT2D eigenvalue weighted by molar-refractivity contribution is -0.118. The van der Waals surface area contributed by atoms with Crippen molar-refractivity contribution in [2.24, 2.45) is 4.99 Å². The number of ether oxygens (including phenoxy) is 1. The smallest absolute Gasteiger partial charge is 0.245 e. The first-order valence-corrected chi connectivity index (χ1v) is 9.39. The van der Waals surface area contributed by atoms with Gasteiger partial charge in [-0.1, -0.05) is 59.8 Å². The molecule has 1 atom stereocenters. The molecule has 1 amide bonds. The van der Waals surface area contributed by atoms with Crippen LogP contribution in [0, 0.1) is 0 Å². The van der Waals surface area contributed by atoms with E-state index < -0.39 is 4.83 Å². The van der Waals surface area contributed by atoms with E-state index in [1.165, 1.54) is 19.3 Å². The Hall–Kier alpha value is -1.62. The van der Waals surface area contributed by atoms with Crippen molar-refractivity contribution in [1.82, 2.24) is 5.32 Å². The molecule has 5 heteroatoms. The molecule has 1 unspecified atom stereocenters. The monoisotopic (exact) mass is 392 g/mol. The molecule has 1 aliphatic heterocycles. The maximum Gasteiger partial charge on any atom is 0.245 e. The van der Waals surface area contributed by atoms with E-state index in [2.05, 4.69) is 33.2 Å². The molecule has 1 aliphatic rings. The molecule has 0 aliphatic carbocycles. The van der Waals surface area contributed by atoms with Crippen LogP contribution in [-0.2, 0) is 4.79 Å². The van der Waals surface area contributed by atoms with Gasteiger partial charge in [0.2, 0.25) is 5.91 Å². The van der Waals surface area contributed by atoms with Gasteiger partial charge in [0.25, 0.3) is 0 Å². The number of para-hydroxylation sites is 1. The van der Waals surface area contributed by atoms with Crippen LogP contribution < -0.4 is 10.1 Å². The molecule has 0 radical (unpaired) electrons. The second kappa shape index (κ2) is 9.02. The number of amidine groups is 1. The maximum atomic E-state index is 12.2. The fourth-order valence-corrected chi connectivity index (χ4v) is 3.18. The number of unbranched alkanes of at least 4 members (excludes halogenated alkanes) is 3. The van der Waals surface area contributed by atoms with Crippen LogP contribution in [0.1, 0.15) is 52.0 Å². The van der Waals surface area contributed by atoms with E-state index in [1.54, 1.807) is 0 Å². The summed E-state index contributed by atoms with van der Waals surface area (Å²) in [5.74, 6) is 1.21. The topological polar surface area (TPSA) is 50.7 Å². The Balaban J connectivity index is 2.21. The lowest BCUT2D eigenvalue weighted by Crippen LogP contribution is -2.42. The Bertz CT molecular complexity index is 649. The molecule has 2 rings (SSSR count). The highest BCUT2D eigenvalue weighted by molar-refractivity contribution is 9.10. The average molecular weight is 393 g/mol. The van der Waals surface area contributed by atoms with Gasteiger partial charge in [0, 0.05) is 0 Å². The zero-order valence-electron chi connectivity index (χ0n) is 14.6. The summed E-state index contributed by atoms with van der Waals surface area (Å²) in [5.41, 5.74) is 2.59. The Labute approximate surface area is 152 Å². The molecular formula is C19H25BrN2O2. The number of rotatable bonds is 7. The molecule has 1 aromatic carbocycles. The van der Waals surface area contributed by atoms with Crippen LogP contribution >= 0.6 is 15.9 Å². The summed E-state index contributed by atoms with van der Waals surface area (Å²) in [6.07, 6.45) is 4.64. The predicted molar refractivity (Wildman–Crippen MR) is 102 cm³/mol. The van der Waals surface area contributed by atoms with Crippen LogP contribution in [0.25, 0.3) is 0 Å². The predicted octanol–water partition coefficient (Wildman–Crippen LogP) is 4.58. The number of alkyl halides is 1. The number of nitrogens with zero attached hydrogens (tertiary/aromatic N) is 1. The summed E-state index contributed by atoms with van der Waals surface area (Å²) < 4.78 is 5.93. The molecule has 0 fully saturated rings. The Morgan fingerprint density at radius 2 is 2.00 bits per heavy atom. The third-order valence-corrected chi connectivity index (χ3v) is 4.70. The summed E-state index contributed by atoms with van der Waals surface area (Å²) in [6.45, 7) is 6.78. The third-order valence-electron chi connectivity index (χ3n) is 3.85. The van der Waals surface area contributed by atoms with Crippen molar-refractivity contribution in [3.05, 3.63) is 41.1 Å². The molecule has 1 aromatic rings. The molecule has 0 saturated heterocycles. The van der Waals surface area contributed by atoms with Crippen LogP contribution in [0.15, 0.2) is 40.5 Å². The SMILES string of the molecule is CCCCCCOc1ccccc1C1=NC(=C(C)C)C(Br)C(=O)N1. The molecule has 130 valence electrons. The lowest BCUT2D eigenvalue weighted by Gasteiger charge is -2.22. The van der Waals surface area contributed by atoms with Gasteiger partial charge in [0.1, 0.15) is 16.4 Å². The number of hydrogen-bond donors (Lipinski definition) is 1. The van der Waals surface area contributed by atoms with Crippen molar-refractivity contribution in [3.63, 3.8) is 0 Å². The highest BCUT2D eigenvalue weighted by Crippen LogP contribution is 2.26. The first-order chi connectivity index (χ1) is 11.5. The second-order valence-electron chi connectivity index (χ2n) is 6.10. The Morgan fingerprint density at radius 3 is 2.71 bits per heavy atom. The number of hydrogen-bond acceptors (Lipinski definition) is 3. The quantitative estimate of drug-likeness (QED) is 0.545. The Morgan fingerprint density at radius 1 is 1.25 bits per heavy atom. The Kier molecular flexibility index (Phi) is 7.03. The van der Waals surface area contributed by atoms with Crippen LogP contribution in [0.5, 0.6) is 5.75 Å². The minimum Gasteiger partial charge on any atom is -0.493 e. The van der Waals surface area contributed by atoms with Gasteiger partial charge in [0.05, 0.1) is 17.9 Å². The zero-order valence-corrected chi connectivity index (χ0v) is 16.1. The van der Waals surface area contributed by atoms with Crippen LogP contribution in [0.2, 0.25) is 0 Å². The van der Waals surface area contributed by atoms with E-state index in [9.17, 15) is 4.79 Å². The summed E-state index contributed by atoms with van der Waals surface area (Å²) in [7, 11) is 0. The van der Waals surface area contributed by atoms with Crippen LogP contribution in [0.4, 0.5) is 0 Å². The van der Waals surface area contributed by atoms with Crippen molar-refractivity contribution in [2.45, 2.75) is 51.3 Å². The molecule has 4 nitrogen and oxygen atoms in total. The fourth-order valence-electron chi connectivity index (χ4n) is 2.50. The molecule has 1 N–H and O–H groups in total. The van der Waals surface area contributed by atoms with Gasteiger partial charge in [-0.25, -0.2) is 4.99 Å². The van der Waals surface area contributed by atoms with E-state index in [-0.39, 0.29) is 5.91 Å². The van der Waals surface area contributed by atoms with Crippen molar-refractivity contribution in [1.29, 1.82) is 0 Å². The number of nitrogens with one attached hydrogen (secondary N) is 1. The first kappa shape index (κ1) is 18.7. The average Bonchev–Trinajstić information content (AvgIpc) is 2.57. The van der Waals surface area contributed by atoms with E-state index in [0.717, 1.165) is 29.0 Å². The summed E-state index contributed by atoms with van der Waals surface area (Å²) in [6, 6.07) is 7.71. The molecule has 0 aromatic heterocycles. The molecule has 0 spiro atoms. The molecule has 0 saturated carbocycles. The number of benzene rings is 1. The largest absolute Gasteiger partial charge is 0.493 e. The number of carbonyl (C=O) groups excluding carboxylic acids is 1.